The Kier molecular flexibility index (Phi) is 5.95. The van der Waals surface area contributed by atoms with Crippen LogP contribution in [0, 0.1) is 11.3 Å². The number of hydrogen-bond donors (Lipinski definition) is 1. The summed E-state index contributed by atoms with van der Waals surface area (Å²) in [6, 6.07) is 8.91. The fraction of sp³-hybridized carbons (Fsp3) is 0.471. The van der Waals surface area contributed by atoms with Crippen LogP contribution in [0.15, 0.2) is 36.9 Å². The van der Waals surface area contributed by atoms with Gasteiger partial charge in [-0.2, -0.15) is 10.4 Å². The van der Waals surface area contributed by atoms with Crippen molar-refractivity contribution in [2.75, 3.05) is 32.8 Å². The molecule has 1 aromatic heterocycles. The highest BCUT2D eigenvalue weighted by atomic mass is 16.5. The summed E-state index contributed by atoms with van der Waals surface area (Å²) in [7, 11) is 0. The zero-order chi connectivity index (χ0) is 17.5. The lowest BCUT2D eigenvalue weighted by molar-refractivity contribution is -0.0517. The number of aliphatic hydroxyl groups is 1. The Hall–Kier alpha value is -2.47. The molecule has 3 rings (SSSR count). The van der Waals surface area contributed by atoms with Crippen LogP contribution in [-0.4, -0.2) is 69.8 Å². The maximum Gasteiger partial charge on any atom is 0.137 e. The van der Waals surface area contributed by atoms with Crippen molar-refractivity contribution in [2.45, 2.75) is 18.8 Å². The van der Waals surface area contributed by atoms with E-state index in [1.54, 1.807) is 35.3 Å². The van der Waals surface area contributed by atoms with E-state index in [9.17, 15) is 5.11 Å². The lowest BCUT2D eigenvalue weighted by Gasteiger charge is -2.33. The Morgan fingerprint density at radius 2 is 2.24 bits per heavy atom. The molecule has 1 aromatic carbocycles. The maximum atomic E-state index is 10.2. The monoisotopic (exact) mass is 343 g/mol. The predicted octanol–water partition coefficient (Wildman–Crippen LogP) is 0.290. The van der Waals surface area contributed by atoms with Crippen LogP contribution in [0.2, 0.25) is 0 Å². The first kappa shape index (κ1) is 17.4. The summed E-state index contributed by atoms with van der Waals surface area (Å²) in [5.74, 6) is 0.643. The number of rotatable bonds is 7. The Morgan fingerprint density at radius 3 is 2.96 bits per heavy atom. The summed E-state index contributed by atoms with van der Waals surface area (Å²) < 4.78 is 13.1. The van der Waals surface area contributed by atoms with Crippen LogP contribution < -0.4 is 4.74 Å². The molecular weight excluding hydrogens is 322 g/mol. The molecule has 1 fully saturated rings. The molecule has 0 aliphatic carbocycles. The second-order valence-corrected chi connectivity index (χ2v) is 5.97. The van der Waals surface area contributed by atoms with Crippen LogP contribution in [0.3, 0.4) is 0 Å². The molecule has 2 heterocycles. The summed E-state index contributed by atoms with van der Waals surface area (Å²) in [6.07, 6.45) is 2.61. The zero-order valence-corrected chi connectivity index (χ0v) is 13.9. The van der Waals surface area contributed by atoms with Gasteiger partial charge in [0.25, 0.3) is 0 Å². The molecule has 0 saturated carbocycles. The van der Waals surface area contributed by atoms with E-state index in [2.05, 4.69) is 21.1 Å². The van der Waals surface area contributed by atoms with E-state index in [1.165, 1.54) is 6.33 Å². The lowest BCUT2D eigenvalue weighted by Crippen LogP contribution is -2.47. The van der Waals surface area contributed by atoms with Gasteiger partial charge >= 0.3 is 0 Å². The van der Waals surface area contributed by atoms with Crippen LogP contribution in [0.1, 0.15) is 5.56 Å². The molecule has 1 N–H and O–H groups in total. The van der Waals surface area contributed by atoms with E-state index in [0.29, 0.717) is 31.0 Å². The average Bonchev–Trinajstić information content (AvgIpc) is 3.14. The summed E-state index contributed by atoms with van der Waals surface area (Å²) in [5.41, 5.74) is 0.583. The van der Waals surface area contributed by atoms with Crippen LogP contribution in [0.5, 0.6) is 5.75 Å². The minimum atomic E-state index is -0.597. The van der Waals surface area contributed by atoms with Crippen molar-refractivity contribution in [3.8, 4) is 11.8 Å². The molecule has 0 radical (unpaired) electrons. The van der Waals surface area contributed by atoms with Gasteiger partial charge in [-0.15, -0.1) is 0 Å². The molecule has 0 bridgehead atoms. The Labute approximate surface area is 146 Å². The zero-order valence-electron chi connectivity index (χ0n) is 13.9. The molecule has 1 aliphatic rings. The second-order valence-electron chi connectivity index (χ2n) is 5.97. The SMILES string of the molecule is N#Cc1ccc(OCC(O)CN2CCOC(Cn3cncn3)C2)cc1. The summed E-state index contributed by atoms with van der Waals surface area (Å²) in [5, 5.41) is 23.1. The van der Waals surface area contributed by atoms with Crippen molar-refractivity contribution in [3.63, 3.8) is 0 Å². The molecule has 8 heteroatoms. The molecule has 2 aromatic rings. The Morgan fingerprint density at radius 1 is 1.40 bits per heavy atom. The third kappa shape index (κ3) is 5.26. The van der Waals surface area contributed by atoms with Crippen molar-refractivity contribution < 1.29 is 14.6 Å². The fourth-order valence-electron chi connectivity index (χ4n) is 2.76. The minimum absolute atomic E-state index is 0.0297. The summed E-state index contributed by atoms with van der Waals surface area (Å²) >= 11 is 0. The largest absolute Gasteiger partial charge is 0.491 e. The van der Waals surface area contributed by atoms with Crippen LogP contribution in [0.4, 0.5) is 0 Å². The number of ether oxygens (including phenoxy) is 2. The third-order valence-corrected chi connectivity index (χ3v) is 3.97. The molecule has 0 spiro atoms. The molecule has 8 nitrogen and oxygen atoms in total. The van der Waals surface area contributed by atoms with Gasteiger partial charge in [-0.1, -0.05) is 0 Å². The topological polar surface area (TPSA) is 96.4 Å². The van der Waals surface area contributed by atoms with Gasteiger partial charge in [-0.05, 0) is 24.3 Å². The predicted molar refractivity (Wildman–Crippen MR) is 88.9 cm³/mol. The molecule has 2 atom stereocenters. The first-order valence-electron chi connectivity index (χ1n) is 8.20. The molecule has 0 amide bonds. The van der Waals surface area contributed by atoms with Crippen LogP contribution in [-0.2, 0) is 11.3 Å². The van der Waals surface area contributed by atoms with Crippen molar-refractivity contribution in [3.05, 3.63) is 42.5 Å². The molecule has 1 aliphatic heterocycles. The van der Waals surface area contributed by atoms with Crippen molar-refractivity contribution in [2.24, 2.45) is 0 Å². The minimum Gasteiger partial charge on any atom is -0.491 e. The quantitative estimate of drug-likeness (QED) is 0.772. The first-order valence-corrected chi connectivity index (χ1v) is 8.20. The number of aliphatic hydroxyl groups excluding tert-OH is 1. The molecular formula is C17H21N5O3. The fourth-order valence-corrected chi connectivity index (χ4v) is 2.76. The number of benzene rings is 1. The third-order valence-electron chi connectivity index (χ3n) is 3.97. The smallest absolute Gasteiger partial charge is 0.137 e. The van der Waals surface area contributed by atoms with Crippen molar-refractivity contribution >= 4 is 0 Å². The maximum absolute atomic E-state index is 10.2. The van der Waals surface area contributed by atoms with E-state index in [1.807, 2.05) is 0 Å². The lowest BCUT2D eigenvalue weighted by atomic mass is 10.2. The number of nitrogens with zero attached hydrogens (tertiary/aromatic N) is 5. The van der Waals surface area contributed by atoms with Gasteiger partial charge < -0.3 is 14.6 Å². The molecule has 25 heavy (non-hydrogen) atoms. The van der Waals surface area contributed by atoms with E-state index in [0.717, 1.165) is 13.1 Å². The number of morpholine rings is 1. The van der Waals surface area contributed by atoms with E-state index >= 15 is 0 Å². The second kappa shape index (κ2) is 8.58. The highest BCUT2D eigenvalue weighted by Gasteiger charge is 2.23. The normalized spacial score (nSPS) is 19.3. The average molecular weight is 343 g/mol. The molecule has 132 valence electrons. The standard InChI is InChI=1S/C17H21N5O3/c18-7-14-1-3-16(4-2-14)25-11-15(23)8-21-5-6-24-17(9-21)10-22-13-19-12-20-22/h1-4,12-13,15,17,23H,5-6,8-11H2. The number of β-amino-alcohol motifs (C(OH)–C–C–N with tert-alkyl or cyclic N) is 1. The van der Waals surface area contributed by atoms with Gasteiger partial charge in [0, 0.05) is 19.6 Å². The number of hydrogen-bond acceptors (Lipinski definition) is 7. The first-order chi connectivity index (χ1) is 12.2. The molecule has 2 unspecified atom stereocenters. The van der Waals surface area contributed by atoms with Gasteiger partial charge in [0.15, 0.2) is 0 Å². The van der Waals surface area contributed by atoms with Crippen LogP contribution >= 0.6 is 0 Å². The van der Waals surface area contributed by atoms with Crippen molar-refractivity contribution in [1.82, 2.24) is 19.7 Å². The number of aromatic nitrogens is 3. The highest BCUT2D eigenvalue weighted by molar-refractivity contribution is 5.34. The summed E-state index contributed by atoms with van der Waals surface area (Å²) in [6.45, 7) is 3.51. The van der Waals surface area contributed by atoms with E-state index in [-0.39, 0.29) is 12.7 Å². The van der Waals surface area contributed by atoms with E-state index < -0.39 is 6.10 Å². The number of nitriles is 1. The van der Waals surface area contributed by atoms with Gasteiger partial charge in [0.05, 0.1) is 30.9 Å². The van der Waals surface area contributed by atoms with Gasteiger partial charge in [0.1, 0.15) is 31.1 Å². The Balaban J connectivity index is 1.42. The Bertz CT molecular complexity index is 683. The van der Waals surface area contributed by atoms with Gasteiger partial charge in [0.2, 0.25) is 0 Å². The van der Waals surface area contributed by atoms with Gasteiger partial charge in [-0.25, -0.2) is 4.98 Å². The van der Waals surface area contributed by atoms with Crippen LogP contribution in [0.25, 0.3) is 0 Å². The van der Waals surface area contributed by atoms with Gasteiger partial charge in [-0.3, -0.25) is 9.58 Å². The molecule has 1 saturated heterocycles. The van der Waals surface area contributed by atoms with Crippen molar-refractivity contribution in [1.29, 1.82) is 5.26 Å². The van der Waals surface area contributed by atoms with E-state index in [4.69, 9.17) is 14.7 Å². The summed E-state index contributed by atoms with van der Waals surface area (Å²) in [4.78, 5) is 6.09. The highest BCUT2D eigenvalue weighted by Crippen LogP contribution is 2.13.